The molecule has 0 aromatic heterocycles. The zero-order valence-electron chi connectivity index (χ0n) is 14.9. The van der Waals surface area contributed by atoms with Crippen molar-refractivity contribution < 1.29 is 23.9 Å². The fraction of sp³-hybridized carbons (Fsp3) is 0.526. The molecule has 0 saturated heterocycles. The predicted octanol–water partition coefficient (Wildman–Crippen LogP) is 2.73. The summed E-state index contributed by atoms with van der Waals surface area (Å²) < 4.78 is 10.7. The first-order valence-corrected chi connectivity index (χ1v) is 8.15. The Hall–Kier alpha value is -2.17. The molecule has 0 fully saturated rings. The minimum Gasteiger partial charge on any atom is -0.493 e. The van der Waals surface area contributed by atoms with E-state index in [1.54, 1.807) is 25.1 Å². The molecule has 0 radical (unpaired) electrons. The monoisotopic (exact) mass is 332 g/mol. The molecule has 2 rings (SSSR count). The van der Waals surface area contributed by atoms with E-state index >= 15 is 0 Å². The summed E-state index contributed by atoms with van der Waals surface area (Å²) in [5, 5.41) is 0. The minimum absolute atomic E-state index is 0.0979. The molecule has 0 amide bonds. The quantitative estimate of drug-likeness (QED) is 0.612. The normalized spacial score (nSPS) is 15.9. The van der Waals surface area contributed by atoms with E-state index in [0.29, 0.717) is 12.2 Å². The van der Waals surface area contributed by atoms with Gasteiger partial charge in [-0.2, -0.15) is 0 Å². The number of hydrogen-bond acceptors (Lipinski definition) is 5. The van der Waals surface area contributed by atoms with Gasteiger partial charge >= 0.3 is 5.97 Å². The second-order valence-corrected chi connectivity index (χ2v) is 6.78. The molecule has 1 aromatic rings. The Morgan fingerprint density at radius 1 is 1.21 bits per heavy atom. The molecule has 1 aromatic carbocycles. The van der Waals surface area contributed by atoms with E-state index in [1.165, 1.54) is 13.8 Å². The predicted molar refractivity (Wildman–Crippen MR) is 89.3 cm³/mol. The number of esters is 1. The minimum atomic E-state index is -1.92. The average Bonchev–Trinajstić information content (AvgIpc) is 2.47. The summed E-state index contributed by atoms with van der Waals surface area (Å²) in [5.41, 5.74) is -0.850. The molecule has 0 atom stereocenters. The molecule has 0 saturated carbocycles. The Morgan fingerprint density at radius 2 is 1.83 bits per heavy atom. The molecule has 0 unspecified atom stereocenters. The van der Waals surface area contributed by atoms with E-state index in [9.17, 15) is 14.4 Å². The van der Waals surface area contributed by atoms with Crippen LogP contribution in [0.2, 0.25) is 0 Å². The molecule has 0 aliphatic carbocycles. The summed E-state index contributed by atoms with van der Waals surface area (Å²) in [6.07, 6.45) is 0.815. The summed E-state index contributed by atoms with van der Waals surface area (Å²) in [4.78, 5) is 37.4. The van der Waals surface area contributed by atoms with E-state index in [4.69, 9.17) is 9.47 Å². The van der Waals surface area contributed by atoms with E-state index in [-0.39, 0.29) is 12.0 Å². The molecule has 5 nitrogen and oxygen atoms in total. The van der Waals surface area contributed by atoms with Gasteiger partial charge in [-0.25, -0.2) is 0 Å². The summed E-state index contributed by atoms with van der Waals surface area (Å²) in [7, 11) is 0. The van der Waals surface area contributed by atoms with Crippen molar-refractivity contribution in [1.82, 2.24) is 0 Å². The van der Waals surface area contributed by atoms with E-state index < -0.39 is 23.0 Å². The highest BCUT2D eigenvalue weighted by atomic mass is 16.5. The summed E-state index contributed by atoms with van der Waals surface area (Å²) >= 11 is 0. The molecule has 5 heteroatoms. The van der Waals surface area contributed by atoms with Crippen molar-refractivity contribution in [2.45, 2.75) is 51.9 Å². The number of ketones is 2. The van der Waals surface area contributed by atoms with Crippen LogP contribution in [-0.4, -0.2) is 30.7 Å². The van der Waals surface area contributed by atoms with Crippen molar-refractivity contribution in [3.8, 4) is 5.75 Å². The van der Waals surface area contributed by atoms with Gasteiger partial charge in [0.05, 0.1) is 13.2 Å². The van der Waals surface area contributed by atoms with Crippen LogP contribution < -0.4 is 4.74 Å². The lowest BCUT2D eigenvalue weighted by atomic mass is 9.71. The largest absolute Gasteiger partial charge is 0.493 e. The van der Waals surface area contributed by atoms with Crippen molar-refractivity contribution in [2.75, 3.05) is 13.2 Å². The lowest BCUT2D eigenvalue weighted by Crippen LogP contribution is -2.49. The lowest BCUT2D eigenvalue weighted by Gasteiger charge is -2.34. The van der Waals surface area contributed by atoms with E-state index in [0.717, 1.165) is 17.7 Å². The first-order valence-electron chi connectivity index (χ1n) is 8.15. The Morgan fingerprint density at radius 3 is 2.38 bits per heavy atom. The number of rotatable bonds is 5. The zero-order valence-corrected chi connectivity index (χ0v) is 14.9. The van der Waals surface area contributed by atoms with Crippen LogP contribution in [0.25, 0.3) is 0 Å². The van der Waals surface area contributed by atoms with Gasteiger partial charge in [0.1, 0.15) is 5.75 Å². The van der Waals surface area contributed by atoms with Crippen LogP contribution in [0.4, 0.5) is 0 Å². The van der Waals surface area contributed by atoms with Gasteiger partial charge in [-0.1, -0.05) is 19.9 Å². The van der Waals surface area contributed by atoms with Crippen LogP contribution in [-0.2, 0) is 30.0 Å². The summed E-state index contributed by atoms with van der Waals surface area (Å²) in [6.45, 7) is 9.01. The van der Waals surface area contributed by atoms with Crippen LogP contribution in [0.5, 0.6) is 5.75 Å². The van der Waals surface area contributed by atoms with Gasteiger partial charge in [-0.05, 0) is 50.3 Å². The molecular formula is C19H24O5. The van der Waals surface area contributed by atoms with Crippen molar-refractivity contribution in [3.63, 3.8) is 0 Å². The fourth-order valence-electron chi connectivity index (χ4n) is 3.27. The van der Waals surface area contributed by atoms with Gasteiger partial charge in [-0.3, -0.25) is 14.4 Å². The maximum atomic E-state index is 12.6. The van der Waals surface area contributed by atoms with Gasteiger partial charge in [0, 0.05) is 5.56 Å². The number of fused-ring (bicyclic) bond motifs is 1. The fourth-order valence-corrected chi connectivity index (χ4v) is 3.27. The van der Waals surface area contributed by atoms with Crippen LogP contribution >= 0.6 is 0 Å². The summed E-state index contributed by atoms with van der Waals surface area (Å²) in [5.74, 6) is -1.18. The Bertz CT molecular complexity index is 673. The van der Waals surface area contributed by atoms with Crippen molar-refractivity contribution in [2.24, 2.45) is 0 Å². The number of hydrogen-bond donors (Lipinski definition) is 0. The topological polar surface area (TPSA) is 69.7 Å². The highest BCUT2D eigenvalue weighted by molar-refractivity contribution is 6.27. The Kier molecular flexibility index (Phi) is 4.83. The molecule has 0 bridgehead atoms. The Balaban J connectivity index is 2.70. The first kappa shape index (κ1) is 18.2. The molecule has 24 heavy (non-hydrogen) atoms. The molecular weight excluding hydrogens is 308 g/mol. The number of ether oxygens (including phenoxy) is 2. The summed E-state index contributed by atoms with van der Waals surface area (Å²) in [6, 6.07) is 5.08. The van der Waals surface area contributed by atoms with E-state index in [1.807, 2.05) is 0 Å². The standard InChI is InChI=1S/C19H24O5/c1-6-23-17(22)19(12(2)20,13(3)21)14-7-8-16-15(11-14)18(4,5)9-10-24-16/h7-8,11H,6,9-10H2,1-5H3. The average molecular weight is 332 g/mol. The number of Topliss-reactive ketones (excluding diaryl/α,β-unsaturated/α-hetero) is 2. The SMILES string of the molecule is CCOC(=O)C(C(C)=O)(C(C)=O)c1ccc2c(c1)C(C)(C)CCO2. The van der Waals surface area contributed by atoms with Gasteiger partial charge < -0.3 is 9.47 Å². The van der Waals surface area contributed by atoms with Crippen molar-refractivity contribution in [1.29, 1.82) is 0 Å². The molecule has 1 aliphatic rings. The maximum Gasteiger partial charge on any atom is 0.331 e. The molecule has 0 spiro atoms. The third kappa shape index (κ3) is 2.72. The molecule has 130 valence electrons. The zero-order chi connectivity index (χ0) is 18.1. The number of carbonyl (C=O) groups excluding carboxylic acids is 3. The maximum absolute atomic E-state index is 12.6. The third-order valence-corrected chi connectivity index (χ3v) is 4.76. The van der Waals surface area contributed by atoms with Crippen molar-refractivity contribution in [3.05, 3.63) is 29.3 Å². The van der Waals surface area contributed by atoms with Gasteiger partial charge in [0.2, 0.25) is 5.41 Å². The van der Waals surface area contributed by atoms with Gasteiger partial charge in [0.15, 0.2) is 11.6 Å². The van der Waals surface area contributed by atoms with Gasteiger partial charge in [-0.15, -0.1) is 0 Å². The van der Waals surface area contributed by atoms with Crippen LogP contribution in [0, 0.1) is 0 Å². The Labute approximate surface area is 142 Å². The van der Waals surface area contributed by atoms with Crippen molar-refractivity contribution >= 4 is 17.5 Å². The molecule has 0 N–H and O–H groups in total. The smallest absolute Gasteiger partial charge is 0.331 e. The highest BCUT2D eigenvalue weighted by Gasteiger charge is 2.51. The number of benzene rings is 1. The second kappa shape index (κ2) is 6.38. The highest BCUT2D eigenvalue weighted by Crippen LogP contribution is 2.41. The van der Waals surface area contributed by atoms with Crippen LogP contribution in [0.3, 0.4) is 0 Å². The molecule has 1 heterocycles. The third-order valence-electron chi connectivity index (χ3n) is 4.76. The number of carbonyl (C=O) groups is 3. The first-order chi connectivity index (χ1) is 11.2. The lowest BCUT2D eigenvalue weighted by molar-refractivity contribution is -0.156. The van der Waals surface area contributed by atoms with E-state index in [2.05, 4.69) is 13.8 Å². The van der Waals surface area contributed by atoms with Crippen LogP contribution in [0.1, 0.15) is 52.2 Å². The second-order valence-electron chi connectivity index (χ2n) is 6.78. The molecule has 1 aliphatic heterocycles. The van der Waals surface area contributed by atoms with Crippen LogP contribution in [0.15, 0.2) is 18.2 Å². The van der Waals surface area contributed by atoms with Gasteiger partial charge in [0.25, 0.3) is 0 Å².